The number of carbonyl (C=O) groups is 1. The van der Waals surface area contributed by atoms with Crippen molar-refractivity contribution in [3.63, 3.8) is 0 Å². The minimum absolute atomic E-state index is 0.144. The van der Waals surface area contributed by atoms with Gasteiger partial charge < -0.3 is 5.32 Å². The Morgan fingerprint density at radius 1 is 1.42 bits per heavy atom. The van der Waals surface area contributed by atoms with E-state index in [0.717, 1.165) is 18.2 Å². The van der Waals surface area contributed by atoms with E-state index in [-0.39, 0.29) is 17.8 Å². The molecule has 0 atom stereocenters. The molecule has 102 valence electrons. The van der Waals surface area contributed by atoms with E-state index in [1.54, 1.807) is 6.07 Å². The zero-order valence-corrected chi connectivity index (χ0v) is 12.4. The van der Waals surface area contributed by atoms with Gasteiger partial charge in [-0.25, -0.2) is 4.39 Å². The van der Waals surface area contributed by atoms with E-state index in [1.807, 2.05) is 13.8 Å². The Kier molecular flexibility index (Phi) is 4.42. The van der Waals surface area contributed by atoms with Crippen molar-refractivity contribution < 1.29 is 9.18 Å². The number of thiophene rings is 1. The summed E-state index contributed by atoms with van der Waals surface area (Å²) in [6.07, 6.45) is 1.75. The topological polar surface area (TPSA) is 29.1 Å². The lowest BCUT2D eigenvalue weighted by Gasteiger charge is -2.13. The molecule has 0 unspecified atom stereocenters. The van der Waals surface area contributed by atoms with E-state index in [1.165, 1.54) is 23.5 Å². The van der Waals surface area contributed by atoms with Gasteiger partial charge in [0.05, 0.1) is 5.02 Å². The molecule has 0 aliphatic rings. The van der Waals surface area contributed by atoms with Gasteiger partial charge in [-0.3, -0.25) is 4.79 Å². The first kappa shape index (κ1) is 14.3. The van der Waals surface area contributed by atoms with E-state index < -0.39 is 0 Å². The molecule has 0 fully saturated rings. The van der Waals surface area contributed by atoms with Crippen LogP contribution in [0.25, 0.3) is 10.1 Å². The van der Waals surface area contributed by atoms with Crippen molar-refractivity contribution in [2.45, 2.75) is 32.7 Å². The predicted octanol–water partition coefficient (Wildman–Crippen LogP) is 4.61. The molecule has 5 heteroatoms. The fraction of sp³-hybridized carbons (Fsp3) is 0.357. The summed E-state index contributed by atoms with van der Waals surface area (Å²) in [5.74, 6) is -0.502. The van der Waals surface area contributed by atoms with Crippen molar-refractivity contribution in [2.75, 3.05) is 0 Å². The van der Waals surface area contributed by atoms with Gasteiger partial charge in [0.25, 0.3) is 5.91 Å². The minimum Gasteiger partial charge on any atom is -0.349 e. The van der Waals surface area contributed by atoms with Gasteiger partial charge in [0, 0.05) is 16.1 Å². The van der Waals surface area contributed by atoms with Gasteiger partial charge in [0.15, 0.2) is 0 Å². The quantitative estimate of drug-likeness (QED) is 0.877. The molecule has 1 N–H and O–H groups in total. The molecular weight excluding hydrogens is 285 g/mol. The highest BCUT2D eigenvalue weighted by Gasteiger charge is 2.19. The molecule has 0 saturated carbocycles. The first-order valence-electron chi connectivity index (χ1n) is 6.25. The molecule has 0 spiro atoms. The molecule has 0 saturated heterocycles. The third-order valence-corrected chi connectivity index (χ3v) is 4.77. The second kappa shape index (κ2) is 5.88. The Morgan fingerprint density at radius 3 is 2.74 bits per heavy atom. The molecule has 2 aromatic rings. The van der Waals surface area contributed by atoms with Crippen LogP contribution in [-0.4, -0.2) is 11.9 Å². The lowest BCUT2D eigenvalue weighted by molar-refractivity contribution is 0.0939. The Morgan fingerprint density at radius 2 is 2.11 bits per heavy atom. The zero-order valence-electron chi connectivity index (χ0n) is 10.8. The number of carbonyl (C=O) groups excluding carboxylic acids is 1. The van der Waals surface area contributed by atoms with Gasteiger partial charge in [-0.1, -0.05) is 25.4 Å². The molecule has 1 amide bonds. The summed E-state index contributed by atoms with van der Waals surface area (Å²) in [6.45, 7) is 4.05. The van der Waals surface area contributed by atoms with E-state index in [2.05, 4.69) is 5.32 Å². The van der Waals surface area contributed by atoms with Gasteiger partial charge in [-0.2, -0.15) is 0 Å². The summed E-state index contributed by atoms with van der Waals surface area (Å²) in [5.41, 5.74) is 0. The maximum Gasteiger partial charge on any atom is 0.263 e. The maximum absolute atomic E-state index is 13.2. The standard InChI is InChI=1S/C14H15ClFNOS/c1-3-9(4-2)17-14(18)13-12(15)10-6-5-8(16)7-11(10)19-13/h5-7,9H,3-4H2,1-2H3,(H,17,18). The Hall–Kier alpha value is -1.13. The van der Waals surface area contributed by atoms with Gasteiger partial charge in [0.1, 0.15) is 10.7 Å². The average Bonchev–Trinajstić information content (AvgIpc) is 2.72. The highest BCUT2D eigenvalue weighted by atomic mass is 35.5. The lowest BCUT2D eigenvalue weighted by Crippen LogP contribution is -2.33. The second-order valence-electron chi connectivity index (χ2n) is 4.37. The van der Waals surface area contributed by atoms with Crippen molar-refractivity contribution >= 4 is 38.9 Å². The Balaban J connectivity index is 2.34. The molecule has 1 aromatic carbocycles. The summed E-state index contributed by atoms with van der Waals surface area (Å²) in [5, 5.41) is 4.07. The summed E-state index contributed by atoms with van der Waals surface area (Å²) in [6, 6.07) is 4.51. The SMILES string of the molecule is CCC(CC)NC(=O)c1sc2cc(F)ccc2c1Cl. The number of hydrogen-bond acceptors (Lipinski definition) is 2. The van der Waals surface area contributed by atoms with Crippen LogP contribution in [0.15, 0.2) is 18.2 Å². The monoisotopic (exact) mass is 299 g/mol. The third kappa shape index (κ3) is 2.90. The number of amides is 1. The lowest BCUT2D eigenvalue weighted by atomic mass is 10.1. The Labute approximate surface area is 120 Å². The molecule has 0 aliphatic carbocycles. The second-order valence-corrected chi connectivity index (χ2v) is 5.80. The number of rotatable bonds is 4. The molecule has 0 radical (unpaired) electrons. The number of halogens is 2. The van der Waals surface area contributed by atoms with E-state index in [9.17, 15) is 9.18 Å². The van der Waals surface area contributed by atoms with Crippen LogP contribution in [0.1, 0.15) is 36.4 Å². The molecule has 1 aromatic heterocycles. The first-order valence-corrected chi connectivity index (χ1v) is 7.44. The summed E-state index contributed by atoms with van der Waals surface area (Å²) < 4.78 is 13.9. The van der Waals surface area contributed by atoms with Crippen LogP contribution < -0.4 is 5.32 Å². The van der Waals surface area contributed by atoms with Crippen molar-refractivity contribution in [1.29, 1.82) is 0 Å². The molecule has 2 nitrogen and oxygen atoms in total. The minimum atomic E-state index is -0.322. The van der Waals surface area contributed by atoms with Crippen molar-refractivity contribution in [1.82, 2.24) is 5.32 Å². The first-order chi connectivity index (χ1) is 9.06. The maximum atomic E-state index is 13.2. The van der Waals surface area contributed by atoms with Crippen molar-refractivity contribution in [2.24, 2.45) is 0 Å². The summed E-state index contributed by atoms with van der Waals surface area (Å²) >= 11 is 7.43. The van der Waals surface area contributed by atoms with Gasteiger partial charge >= 0.3 is 0 Å². The van der Waals surface area contributed by atoms with Crippen LogP contribution in [0, 0.1) is 5.82 Å². The number of benzene rings is 1. The van der Waals surface area contributed by atoms with E-state index >= 15 is 0 Å². The van der Waals surface area contributed by atoms with Crippen LogP contribution in [0.2, 0.25) is 5.02 Å². The summed E-state index contributed by atoms with van der Waals surface area (Å²) in [4.78, 5) is 12.6. The van der Waals surface area contributed by atoms with Gasteiger partial charge in [-0.15, -0.1) is 11.3 Å². The predicted molar refractivity (Wildman–Crippen MR) is 78.6 cm³/mol. The molecular formula is C14H15ClFNOS. The molecule has 0 aliphatic heterocycles. The molecule has 19 heavy (non-hydrogen) atoms. The highest BCUT2D eigenvalue weighted by Crippen LogP contribution is 2.35. The highest BCUT2D eigenvalue weighted by molar-refractivity contribution is 7.21. The van der Waals surface area contributed by atoms with Crippen molar-refractivity contribution in [3.8, 4) is 0 Å². The molecule has 0 bridgehead atoms. The number of fused-ring (bicyclic) bond motifs is 1. The van der Waals surface area contributed by atoms with E-state index in [4.69, 9.17) is 11.6 Å². The largest absolute Gasteiger partial charge is 0.349 e. The third-order valence-electron chi connectivity index (χ3n) is 3.12. The van der Waals surface area contributed by atoms with Crippen molar-refractivity contribution in [3.05, 3.63) is 33.9 Å². The fourth-order valence-electron chi connectivity index (χ4n) is 1.93. The van der Waals surface area contributed by atoms with Gasteiger partial charge in [0.2, 0.25) is 0 Å². The van der Waals surface area contributed by atoms with E-state index in [0.29, 0.717) is 14.6 Å². The number of nitrogens with one attached hydrogen (secondary N) is 1. The normalized spacial score (nSPS) is 11.2. The van der Waals surface area contributed by atoms with Crippen LogP contribution in [0.3, 0.4) is 0 Å². The summed E-state index contributed by atoms with van der Waals surface area (Å²) in [7, 11) is 0. The van der Waals surface area contributed by atoms with Crippen LogP contribution in [0.5, 0.6) is 0 Å². The smallest absolute Gasteiger partial charge is 0.263 e. The average molecular weight is 300 g/mol. The fourth-order valence-corrected chi connectivity index (χ4v) is 3.37. The van der Waals surface area contributed by atoms with Gasteiger partial charge in [-0.05, 0) is 31.0 Å². The van der Waals surface area contributed by atoms with Crippen LogP contribution in [0.4, 0.5) is 4.39 Å². The number of hydrogen-bond donors (Lipinski definition) is 1. The molecule has 1 heterocycles. The Bertz CT molecular complexity index is 607. The van der Waals surface area contributed by atoms with Crippen LogP contribution >= 0.6 is 22.9 Å². The zero-order chi connectivity index (χ0) is 14.0. The van der Waals surface area contributed by atoms with Crippen LogP contribution in [-0.2, 0) is 0 Å². The molecule has 2 rings (SSSR count).